The Kier molecular flexibility index (Phi) is 5.79. The number of rotatable bonds is 7. The van der Waals surface area contributed by atoms with E-state index in [-0.39, 0.29) is 12.1 Å². The van der Waals surface area contributed by atoms with E-state index < -0.39 is 22.5 Å². The largest absolute Gasteiger partial charge is 0.382 e. The van der Waals surface area contributed by atoms with Gasteiger partial charge in [0.05, 0.1) is 6.54 Å². The highest BCUT2D eigenvalue weighted by Crippen LogP contribution is 2.40. The lowest BCUT2D eigenvalue weighted by atomic mass is 9.90. The fourth-order valence-electron chi connectivity index (χ4n) is 2.87. The summed E-state index contributed by atoms with van der Waals surface area (Å²) >= 11 is 2.35. The van der Waals surface area contributed by atoms with Crippen LogP contribution in [-0.4, -0.2) is 44.7 Å². The van der Waals surface area contributed by atoms with Crippen LogP contribution in [0.1, 0.15) is 12.5 Å². The van der Waals surface area contributed by atoms with Crippen molar-refractivity contribution in [1.82, 2.24) is 34.3 Å². The van der Waals surface area contributed by atoms with Gasteiger partial charge in [0.25, 0.3) is 0 Å². The van der Waals surface area contributed by atoms with Crippen molar-refractivity contribution in [2.75, 3.05) is 0 Å². The van der Waals surface area contributed by atoms with E-state index in [0.29, 0.717) is 15.9 Å². The van der Waals surface area contributed by atoms with Crippen LogP contribution in [0, 0.1) is 11.6 Å². The highest BCUT2D eigenvalue weighted by atomic mass is 32.2. The Balaban J connectivity index is 1.64. The van der Waals surface area contributed by atoms with Gasteiger partial charge in [-0.3, -0.25) is 0 Å². The van der Waals surface area contributed by atoms with E-state index in [9.17, 15) is 13.9 Å². The second kappa shape index (κ2) is 8.50. The molecular weight excluding hydrogens is 432 g/mol. The molecule has 2 unspecified atom stereocenters. The van der Waals surface area contributed by atoms with Crippen LogP contribution < -0.4 is 0 Å². The molecule has 154 valence electrons. The lowest BCUT2D eigenvalue weighted by Gasteiger charge is -2.33. The first-order valence-electron chi connectivity index (χ1n) is 8.74. The average Bonchev–Trinajstić information content (AvgIpc) is 3.40. The molecule has 30 heavy (non-hydrogen) atoms. The summed E-state index contributed by atoms with van der Waals surface area (Å²) in [5, 5.41) is 22.7. The van der Waals surface area contributed by atoms with E-state index in [1.807, 2.05) is 0 Å². The second-order valence-electron chi connectivity index (χ2n) is 6.39. The first-order chi connectivity index (χ1) is 14.5. The molecule has 0 fully saturated rings. The molecule has 0 saturated heterocycles. The SMILES string of the molecule is CC(Sc1nc(-c2cccnn2)ns1)C(O)(Cn1cncn1)c1ccc(F)cc1F. The van der Waals surface area contributed by atoms with E-state index in [0.717, 1.165) is 23.7 Å². The van der Waals surface area contributed by atoms with Crippen molar-refractivity contribution in [3.8, 4) is 11.5 Å². The summed E-state index contributed by atoms with van der Waals surface area (Å²) in [5.74, 6) is -1.16. The van der Waals surface area contributed by atoms with E-state index in [4.69, 9.17) is 0 Å². The van der Waals surface area contributed by atoms with E-state index in [2.05, 4.69) is 29.6 Å². The highest BCUT2D eigenvalue weighted by molar-refractivity contribution is 8.01. The maximum atomic E-state index is 14.6. The van der Waals surface area contributed by atoms with Gasteiger partial charge in [-0.1, -0.05) is 17.8 Å². The number of hydrogen-bond donors (Lipinski definition) is 1. The van der Waals surface area contributed by atoms with Crippen molar-refractivity contribution >= 4 is 23.3 Å². The molecule has 1 N–H and O–H groups in total. The normalized spacial score (nSPS) is 14.4. The van der Waals surface area contributed by atoms with Gasteiger partial charge in [0.15, 0.2) is 10.2 Å². The Morgan fingerprint density at radius 3 is 2.87 bits per heavy atom. The number of benzene rings is 1. The molecule has 0 spiro atoms. The third-order valence-corrected chi connectivity index (χ3v) is 6.49. The standard InChI is InChI=1S/C18H15F2N7OS2/c1-11(29-17-24-16(26-30-17)15-3-2-6-22-25-15)18(28,8-27-10-21-9-23-27)13-5-4-12(19)7-14(13)20/h2-7,9-11,28H,8H2,1H3. The Labute approximate surface area is 178 Å². The zero-order chi connectivity index (χ0) is 21.1. The molecule has 0 bridgehead atoms. The minimum atomic E-state index is -1.73. The summed E-state index contributed by atoms with van der Waals surface area (Å²) in [7, 11) is 0. The maximum Gasteiger partial charge on any atom is 0.194 e. The minimum absolute atomic E-state index is 0.0435. The van der Waals surface area contributed by atoms with Crippen molar-refractivity contribution in [3.63, 3.8) is 0 Å². The molecule has 4 aromatic rings. The molecule has 3 aromatic heterocycles. The summed E-state index contributed by atoms with van der Waals surface area (Å²) in [6.45, 7) is 1.65. The van der Waals surface area contributed by atoms with E-state index in [1.54, 1.807) is 25.3 Å². The minimum Gasteiger partial charge on any atom is -0.382 e. The van der Waals surface area contributed by atoms with Gasteiger partial charge in [-0.05, 0) is 36.7 Å². The van der Waals surface area contributed by atoms with E-state index >= 15 is 0 Å². The molecule has 0 saturated carbocycles. The smallest absolute Gasteiger partial charge is 0.194 e. The van der Waals surface area contributed by atoms with Crippen molar-refractivity contribution in [1.29, 1.82) is 0 Å². The van der Waals surface area contributed by atoms with Crippen LogP contribution in [-0.2, 0) is 12.1 Å². The third-order valence-electron chi connectivity index (χ3n) is 4.43. The number of thioether (sulfide) groups is 1. The third kappa shape index (κ3) is 4.20. The van der Waals surface area contributed by atoms with Gasteiger partial charge in [0.1, 0.15) is 35.6 Å². The van der Waals surface area contributed by atoms with Crippen molar-refractivity contribution in [3.05, 3.63) is 66.4 Å². The topological polar surface area (TPSA) is 102 Å². The molecule has 0 radical (unpaired) electrons. The predicted octanol–water partition coefficient (Wildman–Crippen LogP) is 2.93. The summed E-state index contributed by atoms with van der Waals surface area (Å²) in [6, 6.07) is 6.56. The van der Waals surface area contributed by atoms with Crippen LogP contribution in [0.15, 0.2) is 53.5 Å². The molecule has 0 aliphatic rings. The Morgan fingerprint density at radius 2 is 2.17 bits per heavy atom. The fourth-order valence-corrected chi connectivity index (χ4v) is 4.85. The van der Waals surface area contributed by atoms with Crippen molar-refractivity contribution < 1.29 is 13.9 Å². The number of halogens is 2. The summed E-state index contributed by atoms with van der Waals surface area (Å²) in [5.41, 5.74) is -1.25. The molecule has 0 aliphatic heterocycles. The van der Waals surface area contributed by atoms with Gasteiger partial charge in [-0.2, -0.15) is 14.6 Å². The Hall–Kier alpha value is -2.83. The van der Waals surface area contributed by atoms with Gasteiger partial charge >= 0.3 is 0 Å². The molecule has 3 heterocycles. The van der Waals surface area contributed by atoms with Crippen LogP contribution in [0.3, 0.4) is 0 Å². The summed E-state index contributed by atoms with van der Waals surface area (Å²) in [4.78, 5) is 8.29. The molecule has 8 nitrogen and oxygen atoms in total. The monoisotopic (exact) mass is 447 g/mol. The fraction of sp³-hybridized carbons (Fsp3) is 0.222. The molecular formula is C18H15F2N7OS2. The van der Waals surface area contributed by atoms with Gasteiger partial charge in [0.2, 0.25) is 0 Å². The van der Waals surface area contributed by atoms with E-state index in [1.165, 1.54) is 35.2 Å². The first-order valence-corrected chi connectivity index (χ1v) is 10.4. The molecule has 0 aliphatic carbocycles. The number of aliphatic hydroxyl groups is 1. The molecule has 0 amide bonds. The van der Waals surface area contributed by atoms with Gasteiger partial charge < -0.3 is 5.11 Å². The molecule has 4 rings (SSSR count). The summed E-state index contributed by atoms with van der Waals surface area (Å²) < 4.78 is 34.3. The first kappa shape index (κ1) is 20.4. The lowest BCUT2D eigenvalue weighted by Crippen LogP contribution is -2.41. The quantitative estimate of drug-likeness (QED) is 0.432. The van der Waals surface area contributed by atoms with Crippen LogP contribution in [0.5, 0.6) is 0 Å². The highest BCUT2D eigenvalue weighted by Gasteiger charge is 2.40. The van der Waals surface area contributed by atoms with Gasteiger partial charge in [-0.25, -0.2) is 23.4 Å². The summed E-state index contributed by atoms with van der Waals surface area (Å²) in [6.07, 6.45) is 4.28. The predicted molar refractivity (Wildman–Crippen MR) is 107 cm³/mol. The average molecular weight is 447 g/mol. The Bertz CT molecular complexity index is 1130. The molecule has 1 aromatic carbocycles. The Morgan fingerprint density at radius 1 is 1.30 bits per heavy atom. The van der Waals surface area contributed by atoms with Crippen molar-refractivity contribution in [2.45, 2.75) is 28.7 Å². The zero-order valence-electron chi connectivity index (χ0n) is 15.6. The zero-order valence-corrected chi connectivity index (χ0v) is 17.2. The van der Waals surface area contributed by atoms with Gasteiger partial charge in [-0.15, -0.1) is 5.10 Å². The van der Waals surface area contributed by atoms with Crippen LogP contribution >= 0.6 is 23.3 Å². The second-order valence-corrected chi connectivity index (χ2v) is 8.73. The van der Waals surface area contributed by atoms with Crippen LogP contribution in [0.2, 0.25) is 0 Å². The van der Waals surface area contributed by atoms with Crippen LogP contribution in [0.25, 0.3) is 11.5 Å². The van der Waals surface area contributed by atoms with Crippen molar-refractivity contribution in [2.24, 2.45) is 0 Å². The maximum absolute atomic E-state index is 14.6. The van der Waals surface area contributed by atoms with Gasteiger partial charge in [0, 0.05) is 23.1 Å². The number of aromatic nitrogens is 7. The molecule has 12 heteroatoms. The van der Waals surface area contributed by atoms with Crippen LogP contribution in [0.4, 0.5) is 8.78 Å². The number of hydrogen-bond acceptors (Lipinski definition) is 9. The molecule has 2 atom stereocenters. The lowest BCUT2D eigenvalue weighted by molar-refractivity contribution is 0.0133. The number of nitrogens with zero attached hydrogens (tertiary/aromatic N) is 7.